The molecule has 0 bridgehead atoms. The highest BCUT2D eigenvalue weighted by Crippen LogP contribution is 2.13. The Labute approximate surface area is 410 Å². The van der Waals surface area contributed by atoms with Crippen LogP contribution in [0.15, 0.2) is 29.3 Å². The van der Waals surface area contributed by atoms with E-state index in [1.807, 2.05) is 0 Å². The summed E-state index contributed by atoms with van der Waals surface area (Å²) in [7, 11) is 0. The number of nitrogens with one attached hydrogen (secondary N) is 8. The van der Waals surface area contributed by atoms with Crippen molar-refractivity contribution in [2.45, 2.75) is 147 Å². The molecule has 0 heterocycles. The lowest BCUT2D eigenvalue weighted by molar-refractivity contribution is -0.143. The molecule has 0 radical (unpaired) electrons. The third kappa shape index (κ3) is 22.9. The Balaban J connectivity index is 3.18. The summed E-state index contributed by atoms with van der Waals surface area (Å²) < 4.78 is 0. The van der Waals surface area contributed by atoms with Crippen molar-refractivity contribution in [2.24, 2.45) is 34.0 Å². The number of aliphatic imine (C=N–C) groups is 1. The average molecular weight is 1010 g/mol. The van der Waals surface area contributed by atoms with E-state index in [2.05, 4.69) is 47.5 Å². The zero-order valence-electron chi connectivity index (χ0n) is 40.9. The van der Waals surface area contributed by atoms with Gasteiger partial charge in [-0.3, -0.25) is 48.1 Å². The van der Waals surface area contributed by atoms with Crippen LogP contribution < -0.4 is 59.7 Å². The van der Waals surface area contributed by atoms with Gasteiger partial charge in [-0.05, 0) is 76.0 Å². The molecular weight excluding hydrogens is 937 g/mol. The quantitative estimate of drug-likeness (QED) is 0.0189. The monoisotopic (exact) mass is 1010 g/mol. The van der Waals surface area contributed by atoms with Gasteiger partial charge in [-0.15, -0.1) is 0 Å². The van der Waals surface area contributed by atoms with E-state index < -0.39 is 145 Å². The molecule has 1 rings (SSSR count). The number of phenolic OH excluding ortho intramolecular Hbond substituents is 1. The number of carboxylic acid groups (broad SMARTS) is 2. The van der Waals surface area contributed by atoms with Gasteiger partial charge in [0, 0.05) is 19.4 Å². The number of aliphatic hydroxyl groups is 2. The third-order valence-electron chi connectivity index (χ3n) is 10.5. The van der Waals surface area contributed by atoms with Crippen molar-refractivity contribution in [3.8, 4) is 5.75 Å². The molecule has 71 heavy (non-hydrogen) atoms. The zero-order chi connectivity index (χ0) is 54.3. The molecule has 8 amide bonds. The second-order valence-electron chi connectivity index (χ2n) is 17.7. The molecule has 1 aromatic rings. The fraction of sp³-hybridized carbons (Fsp3) is 0.614. The van der Waals surface area contributed by atoms with Crippen LogP contribution in [0.5, 0.6) is 5.75 Å². The summed E-state index contributed by atoms with van der Waals surface area (Å²) in [6.45, 7) is 9.39. The molecule has 0 saturated carbocycles. The molecule has 27 nitrogen and oxygen atoms in total. The SMILES string of the molecule is CC(C)CC(NC(=O)C(C)NC(=O)C(N)CCCN=C(N)N)C(=O)NC(C)C(=O)NC(CCC(=O)O)C(=O)NC(C(=O)NC(CO)C(=O)NC(Cc1ccc(O)cc1)C(=O)NC(C(=O)O)C(C)C)C(C)O. The maximum Gasteiger partial charge on any atom is 0.326 e. The molecule has 19 N–H and O–H groups in total. The fourth-order valence-corrected chi connectivity index (χ4v) is 6.48. The molecule has 0 fully saturated rings. The molecule has 0 aliphatic carbocycles. The number of nitrogens with zero attached hydrogens (tertiary/aromatic N) is 1. The molecule has 398 valence electrons. The van der Waals surface area contributed by atoms with Crippen LogP contribution in [0, 0.1) is 11.8 Å². The van der Waals surface area contributed by atoms with Gasteiger partial charge in [0.15, 0.2) is 5.96 Å². The maximum atomic E-state index is 13.6. The van der Waals surface area contributed by atoms with Gasteiger partial charge in [0.1, 0.15) is 54.1 Å². The van der Waals surface area contributed by atoms with E-state index in [4.69, 9.17) is 17.2 Å². The number of aromatic hydroxyl groups is 1. The highest BCUT2D eigenvalue weighted by Gasteiger charge is 2.36. The summed E-state index contributed by atoms with van der Waals surface area (Å²) in [6, 6.07) is -7.67. The van der Waals surface area contributed by atoms with E-state index in [1.54, 1.807) is 13.8 Å². The standard InChI is InChI=1S/C44H72N12O15/c1-20(2)17-29(52-36(63)22(5)49-37(64)27(45)9-8-16-48-44(46)47)39(66)50-23(6)35(62)51-28(14-15-32(60)61)38(65)56-34(24(7)58)42(69)54-31(19-57)41(68)53-30(18-25-10-12-26(59)13-11-25)40(67)55-33(21(3)4)43(70)71/h10-13,20-24,27-31,33-34,57-59H,8-9,14-19,45H2,1-7H3,(H,49,64)(H,50,66)(H,51,62)(H,52,63)(H,53,68)(H,54,69)(H,55,67)(H,56,65)(H,60,61)(H,70,71)(H4,46,47,48). The van der Waals surface area contributed by atoms with E-state index in [9.17, 15) is 73.5 Å². The number of amides is 8. The van der Waals surface area contributed by atoms with Crippen LogP contribution in [-0.2, 0) is 54.4 Å². The van der Waals surface area contributed by atoms with Crippen LogP contribution in [0.1, 0.15) is 86.1 Å². The molecule has 10 unspecified atom stereocenters. The van der Waals surface area contributed by atoms with Crippen molar-refractivity contribution >= 4 is 65.2 Å². The van der Waals surface area contributed by atoms with Gasteiger partial charge >= 0.3 is 11.9 Å². The first-order valence-corrected chi connectivity index (χ1v) is 22.8. The van der Waals surface area contributed by atoms with Gasteiger partial charge in [-0.1, -0.05) is 39.8 Å². The van der Waals surface area contributed by atoms with Crippen molar-refractivity contribution < 1.29 is 73.5 Å². The van der Waals surface area contributed by atoms with Crippen molar-refractivity contribution in [2.75, 3.05) is 13.2 Å². The summed E-state index contributed by atoms with van der Waals surface area (Å²) in [5, 5.41) is 68.3. The number of nitrogens with two attached hydrogens (primary N) is 3. The Morgan fingerprint density at radius 1 is 0.592 bits per heavy atom. The molecule has 0 aromatic heterocycles. The third-order valence-corrected chi connectivity index (χ3v) is 10.5. The topological polar surface area (TPSA) is 459 Å². The number of aliphatic carboxylic acids is 2. The molecule has 1 aromatic carbocycles. The highest BCUT2D eigenvalue weighted by atomic mass is 16.4. The number of carboxylic acids is 2. The maximum absolute atomic E-state index is 13.6. The van der Waals surface area contributed by atoms with E-state index in [0.717, 1.165) is 6.92 Å². The van der Waals surface area contributed by atoms with Crippen molar-refractivity contribution in [3.63, 3.8) is 0 Å². The number of hydrogen-bond donors (Lipinski definition) is 16. The first-order valence-electron chi connectivity index (χ1n) is 22.8. The van der Waals surface area contributed by atoms with Crippen molar-refractivity contribution in [1.29, 1.82) is 0 Å². The molecule has 0 aliphatic rings. The number of aliphatic hydroxyl groups excluding tert-OH is 2. The smallest absolute Gasteiger partial charge is 0.326 e. The Bertz CT molecular complexity index is 2030. The fourth-order valence-electron chi connectivity index (χ4n) is 6.48. The number of benzene rings is 1. The zero-order valence-corrected chi connectivity index (χ0v) is 40.9. The van der Waals surface area contributed by atoms with E-state index in [-0.39, 0.29) is 43.4 Å². The average Bonchev–Trinajstić information content (AvgIpc) is 3.28. The second-order valence-corrected chi connectivity index (χ2v) is 17.7. The van der Waals surface area contributed by atoms with Gasteiger partial charge < -0.3 is 85.3 Å². The van der Waals surface area contributed by atoms with Crippen LogP contribution in [0.4, 0.5) is 0 Å². The van der Waals surface area contributed by atoms with Crippen molar-refractivity contribution in [1.82, 2.24) is 42.5 Å². The largest absolute Gasteiger partial charge is 0.508 e. The van der Waals surface area contributed by atoms with Crippen LogP contribution in [0.25, 0.3) is 0 Å². The first kappa shape index (κ1) is 61.9. The molecule has 0 spiro atoms. The van der Waals surface area contributed by atoms with Crippen molar-refractivity contribution in [3.05, 3.63) is 29.8 Å². The lowest BCUT2D eigenvalue weighted by atomic mass is 10.0. The minimum absolute atomic E-state index is 0.0728. The number of hydrogen-bond acceptors (Lipinski definition) is 15. The van der Waals surface area contributed by atoms with Gasteiger partial charge in [0.05, 0.1) is 18.8 Å². The number of guanidine groups is 1. The number of rotatable bonds is 31. The molecule has 27 heteroatoms. The summed E-state index contributed by atoms with van der Waals surface area (Å²) >= 11 is 0. The van der Waals surface area contributed by atoms with Gasteiger partial charge in [0.2, 0.25) is 47.3 Å². The van der Waals surface area contributed by atoms with Gasteiger partial charge in [-0.2, -0.15) is 0 Å². The van der Waals surface area contributed by atoms with E-state index in [1.165, 1.54) is 52.0 Å². The van der Waals surface area contributed by atoms with Crippen LogP contribution in [-0.4, -0.2) is 164 Å². The summed E-state index contributed by atoms with van der Waals surface area (Å²) in [5.74, 6) is -11.5. The first-order chi connectivity index (χ1) is 33.1. The molecular formula is C44H72N12O15. The Morgan fingerprint density at radius 2 is 1.07 bits per heavy atom. The summed E-state index contributed by atoms with van der Waals surface area (Å²) in [5.41, 5.74) is 16.9. The number of phenols is 1. The van der Waals surface area contributed by atoms with Gasteiger partial charge in [0.25, 0.3) is 0 Å². The normalized spacial score (nSPS) is 15.3. The molecule has 0 saturated heterocycles. The van der Waals surface area contributed by atoms with Crippen LogP contribution in [0.3, 0.4) is 0 Å². The van der Waals surface area contributed by atoms with Crippen LogP contribution >= 0.6 is 0 Å². The minimum atomic E-state index is -1.91. The second kappa shape index (κ2) is 30.5. The number of carbonyl (C=O) groups is 10. The Kier molecular flexibility index (Phi) is 26.6. The predicted molar refractivity (Wildman–Crippen MR) is 254 cm³/mol. The summed E-state index contributed by atoms with van der Waals surface area (Å²) in [4.78, 5) is 134. The Hall–Kier alpha value is -7.13. The highest BCUT2D eigenvalue weighted by molar-refractivity contribution is 5.98. The van der Waals surface area contributed by atoms with E-state index in [0.29, 0.717) is 12.0 Å². The number of carbonyl (C=O) groups excluding carboxylic acids is 8. The molecule has 0 aliphatic heterocycles. The van der Waals surface area contributed by atoms with Crippen LogP contribution in [0.2, 0.25) is 0 Å². The summed E-state index contributed by atoms with van der Waals surface area (Å²) in [6.07, 6.45) is -2.58. The minimum Gasteiger partial charge on any atom is -0.508 e. The van der Waals surface area contributed by atoms with E-state index >= 15 is 0 Å². The predicted octanol–water partition coefficient (Wildman–Crippen LogP) is -4.74. The lowest BCUT2D eigenvalue weighted by Crippen LogP contribution is -2.62. The van der Waals surface area contributed by atoms with Gasteiger partial charge in [-0.25, -0.2) is 4.79 Å². The molecule has 10 atom stereocenters. The lowest BCUT2D eigenvalue weighted by Gasteiger charge is -2.28. The Morgan fingerprint density at radius 3 is 1.56 bits per heavy atom.